The average Bonchev–Trinajstić information content (AvgIpc) is 2.42. The fraction of sp³-hybridized carbons (Fsp3) is 0.200. The van der Waals surface area contributed by atoms with Crippen LogP contribution in [-0.4, -0.2) is 11.8 Å². The minimum absolute atomic E-state index is 0.142. The molecule has 20 heavy (non-hydrogen) atoms. The molecule has 0 saturated heterocycles. The van der Waals surface area contributed by atoms with Crippen molar-refractivity contribution in [1.82, 2.24) is 0 Å². The third kappa shape index (κ3) is 4.13. The first-order chi connectivity index (χ1) is 9.58. The van der Waals surface area contributed by atoms with Gasteiger partial charge in [0.2, 0.25) is 0 Å². The van der Waals surface area contributed by atoms with Gasteiger partial charge in [-0.2, -0.15) is 0 Å². The minimum atomic E-state index is -0.222. The lowest BCUT2D eigenvalue weighted by Gasteiger charge is -2.14. The van der Waals surface area contributed by atoms with E-state index in [0.29, 0.717) is 27.1 Å². The predicted octanol–water partition coefficient (Wildman–Crippen LogP) is 4.79. The Labute approximate surface area is 132 Å². The number of nitrogens with two attached hydrogens (primary N) is 1. The van der Waals surface area contributed by atoms with E-state index < -0.39 is 0 Å². The highest BCUT2D eigenvalue weighted by Gasteiger charge is 2.12. The highest BCUT2D eigenvalue weighted by molar-refractivity contribution is 7.99. The van der Waals surface area contributed by atoms with Crippen LogP contribution in [0.15, 0.2) is 47.4 Å². The molecule has 0 radical (unpaired) electrons. The predicted molar refractivity (Wildman–Crippen MR) is 85.3 cm³/mol. The summed E-state index contributed by atoms with van der Waals surface area (Å²) in [4.78, 5) is 0.605. The molecular formula is C15H14Cl2FNS. The molecule has 106 valence electrons. The van der Waals surface area contributed by atoms with E-state index in [0.717, 1.165) is 5.56 Å². The smallest absolute Gasteiger partial charge is 0.136 e. The van der Waals surface area contributed by atoms with E-state index in [4.69, 9.17) is 28.9 Å². The molecule has 1 nitrogen and oxygen atoms in total. The van der Waals surface area contributed by atoms with Gasteiger partial charge < -0.3 is 5.73 Å². The first-order valence-corrected chi connectivity index (χ1v) is 7.88. The summed E-state index contributed by atoms with van der Waals surface area (Å²) in [6.07, 6.45) is 0.569. The Morgan fingerprint density at radius 2 is 1.70 bits per heavy atom. The molecule has 0 spiro atoms. The first kappa shape index (κ1) is 15.6. The van der Waals surface area contributed by atoms with Gasteiger partial charge in [0.25, 0.3) is 0 Å². The summed E-state index contributed by atoms with van der Waals surface area (Å²) in [6, 6.07) is 11.9. The second kappa shape index (κ2) is 7.32. The fourth-order valence-corrected chi connectivity index (χ4v) is 3.25. The Morgan fingerprint density at radius 3 is 2.35 bits per heavy atom. The minimum Gasteiger partial charge on any atom is -0.327 e. The van der Waals surface area contributed by atoms with Crippen LogP contribution in [-0.2, 0) is 6.42 Å². The van der Waals surface area contributed by atoms with E-state index in [9.17, 15) is 4.39 Å². The summed E-state index contributed by atoms with van der Waals surface area (Å²) in [5.74, 6) is 0.378. The lowest BCUT2D eigenvalue weighted by Crippen LogP contribution is -2.25. The molecule has 2 aromatic rings. The monoisotopic (exact) mass is 329 g/mol. The van der Waals surface area contributed by atoms with Crippen molar-refractivity contribution in [3.05, 3.63) is 63.9 Å². The zero-order valence-electron chi connectivity index (χ0n) is 10.7. The highest BCUT2D eigenvalue weighted by atomic mass is 35.5. The maximum absolute atomic E-state index is 13.5. The van der Waals surface area contributed by atoms with Gasteiger partial charge in [-0.25, -0.2) is 4.39 Å². The van der Waals surface area contributed by atoms with Gasteiger partial charge in [0, 0.05) is 26.7 Å². The summed E-state index contributed by atoms with van der Waals surface area (Å²) >= 11 is 13.6. The van der Waals surface area contributed by atoms with Crippen LogP contribution >= 0.6 is 35.0 Å². The van der Waals surface area contributed by atoms with E-state index in [2.05, 4.69) is 0 Å². The molecule has 0 aliphatic carbocycles. The van der Waals surface area contributed by atoms with Crippen molar-refractivity contribution in [2.24, 2.45) is 5.73 Å². The lowest BCUT2D eigenvalue weighted by molar-refractivity contribution is 0.601. The van der Waals surface area contributed by atoms with E-state index >= 15 is 0 Å². The zero-order chi connectivity index (χ0) is 14.5. The molecule has 0 heterocycles. The van der Waals surface area contributed by atoms with Gasteiger partial charge in [-0.3, -0.25) is 0 Å². The van der Waals surface area contributed by atoms with Crippen LogP contribution in [0.2, 0.25) is 10.0 Å². The molecule has 1 unspecified atom stereocenters. The van der Waals surface area contributed by atoms with Crippen molar-refractivity contribution in [2.45, 2.75) is 17.4 Å². The molecule has 0 aliphatic rings. The molecular weight excluding hydrogens is 316 g/mol. The Balaban J connectivity index is 1.96. The summed E-state index contributed by atoms with van der Waals surface area (Å²) in [5.41, 5.74) is 6.93. The normalized spacial score (nSPS) is 12.4. The Hall–Kier alpha value is -0.740. The highest BCUT2D eigenvalue weighted by Crippen LogP contribution is 2.27. The van der Waals surface area contributed by atoms with E-state index in [1.165, 1.54) is 17.8 Å². The van der Waals surface area contributed by atoms with Crippen LogP contribution in [0.3, 0.4) is 0 Å². The van der Waals surface area contributed by atoms with Gasteiger partial charge in [0.05, 0.1) is 0 Å². The fourth-order valence-electron chi connectivity index (χ4n) is 1.81. The standard InChI is InChI=1S/C15H14Cl2FNS/c16-12-4-3-5-13(17)11(12)8-10(19)9-20-15-7-2-1-6-14(15)18/h1-7,10H,8-9,19H2. The Bertz CT molecular complexity index is 572. The van der Waals surface area contributed by atoms with Crippen molar-refractivity contribution in [3.8, 4) is 0 Å². The average molecular weight is 330 g/mol. The molecule has 0 amide bonds. The van der Waals surface area contributed by atoms with Crippen molar-refractivity contribution in [2.75, 3.05) is 5.75 Å². The Kier molecular flexibility index (Phi) is 5.73. The molecule has 0 aliphatic heterocycles. The molecule has 0 saturated carbocycles. The van der Waals surface area contributed by atoms with E-state index in [1.54, 1.807) is 30.3 Å². The van der Waals surface area contributed by atoms with Gasteiger partial charge in [-0.05, 0) is 36.2 Å². The van der Waals surface area contributed by atoms with Gasteiger partial charge in [-0.15, -0.1) is 11.8 Å². The second-order valence-electron chi connectivity index (χ2n) is 4.41. The quantitative estimate of drug-likeness (QED) is 0.798. The topological polar surface area (TPSA) is 26.0 Å². The van der Waals surface area contributed by atoms with Gasteiger partial charge in [0.15, 0.2) is 0 Å². The first-order valence-electron chi connectivity index (χ1n) is 6.13. The Morgan fingerprint density at radius 1 is 1.05 bits per heavy atom. The number of hydrogen-bond donors (Lipinski definition) is 1. The molecule has 2 aromatic carbocycles. The van der Waals surface area contributed by atoms with Crippen LogP contribution < -0.4 is 5.73 Å². The van der Waals surface area contributed by atoms with Crippen molar-refractivity contribution < 1.29 is 4.39 Å². The van der Waals surface area contributed by atoms with Crippen molar-refractivity contribution >= 4 is 35.0 Å². The van der Waals surface area contributed by atoms with E-state index in [-0.39, 0.29) is 11.9 Å². The van der Waals surface area contributed by atoms with E-state index in [1.807, 2.05) is 6.07 Å². The molecule has 0 fully saturated rings. The van der Waals surface area contributed by atoms with Gasteiger partial charge >= 0.3 is 0 Å². The SMILES string of the molecule is NC(CSc1ccccc1F)Cc1c(Cl)cccc1Cl. The number of thioether (sulfide) groups is 1. The molecule has 2 N–H and O–H groups in total. The molecule has 2 rings (SSSR count). The van der Waals surface area contributed by atoms with Gasteiger partial charge in [-0.1, -0.05) is 41.4 Å². The number of hydrogen-bond acceptors (Lipinski definition) is 2. The summed E-state index contributed by atoms with van der Waals surface area (Å²) in [6.45, 7) is 0. The zero-order valence-corrected chi connectivity index (χ0v) is 13.0. The van der Waals surface area contributed by atoms with Crippen LogP contribution in [0.1, 0.15) is 5.56 Å². The maximum atomic E-state index is 13.5. The third-order valence-corrected chi connectivity index (χ3v) is 4.76. The van der Waals surface area contributed by atoms with Crippen molar-refractivity contribution in [1.29, 1.82) is 0 Å². The molecule has 0 aromatic heterocycles. The summed E-state index contributed by atoms with van der Waals surface area (Å²) in [7, 11) is 0. The van der Waals surface area contributed by atoms with Crippen LogP contribution in [0, 0.1) is 5.82 Å². The largest absolute Gasteiger partial charge is 0.327 e. The molecule has 1 atom stereocenters. The third-order valence-electron chi connectivity index (χ3n) is 2.82. The summed E-state index contributed by atoms with van der Waals surface area (Å²) < 4.78 is 13.5. The number of halogens is 3. The molecule has 5 heteroatoms. The van der Waals surface area contributed by atoms with Crippen LogP contribution in [0.25, 0.3) is 0 Å². The lowest BCUT2D eigenvalue weighted by atomic mass is 10.1. The van der Waals surface area contributed by atoms with Crippen LogP contribution in [0.5, 0.6) is 0 Å². The number of benzene rings is 2. The number of rotatable bonds is 5. The molecule has 0 bridgehead atoms. The van der Waals surface area contributed by atoms with Gasteiger partial charge in [0.1, 0.15) is 5.82 Å². The second-order valence-corrected chi connectivity index (χ2v) is 6.28. The summed E-state index contributed by atoms with van der Waals surface area (Å²) in [5, 5.41) is 1.23. The van der Waals surface area contributed by atoms with Crippen LogP contribution in [0.4, 0.5) is 4.39 Å². The van der Waals surface area contributed by atoms with Crippen molar-refractivity contribution in [3.63, 3.8) is 0 Å². The maximum Gasteiger partial charge on any atom is 0.136 e.